The molecule has 0 saturated heterocycles. The fourth-order valence-electron chi connectivity index (χ4n) is 3.25. The number of rotatable bonds is 5. The van der Waals surface area contributed by atoms with E-state index in [2.05, 4.69) is 5.32 Å². The van der Waals surface area contributed by atoms with Gasteiger partial charge in [-0.25, -0.2) is 9.59 Å². The summed E-state index contributed by atoms with van der Waals surface area (Å²) in [6, 6.07) is 8.83. The van der Waals surface area contributed by atoms with Crippen molar-refractivity contribution in [1.82, 2.24) is 4.57 Å². The van der Waals surface area contributed by atoms with E-state index >= 15 is 0 Å². The van der Waals surface area contributed by atoms with Crippen molar-refractivity contribution in [1.29, 1.82) is 0 Å². The molecule has 7 nitrogen and oxygen atoms in total. The minimum atomic E-state index is -1.29. The van der Waals surface area contributed by atoms with Crippen LogP contribution in [0.15, 0.2) is 36.4 Å². The first-order chi connectivity index (χ1) is 13.2. The third-order valence-corrected chi connectivity index (χ3v) is 4.73. The van der Waals surface area contributed by atoms with Crippen molar-refractivity contribution in [3.63, 3.8) is 0 Å². The Morgan fingerprint density at radius 1 is 1.04 bits per heavy atom. The number of carboxylic acids is 2. The fraction of sp³-hybridized carbons (Fsp3) is 0.150. The zero-order chi connectivity index (χ0) is 20.6. The molecule has 0 radical (unpaired) electrons. The second-order valence-electron chi connectivity index (χ2n) is 6.24. The number of nitrogens with zero attached hydrogens (tertiary/aromatic N) is 1. The predicted octanol–water partition coefficient (Wildman–Crippen LogP) is 4.27. The van der Waals surface area contributed by atoms with Crippen molar-refractivity contribution >= 4 is 46.0 Å². The average Bonchev–Trinajstić information content (AvgIpc) is 2.92. The molecule has 0 saturated carbocycles. The highest BCUT2D eigenvalue weighted by molar-refractivity contribution is 6.31. The Hall–Kier alpha value is -3.32. The highest BCUT2D eigenvalue weighted by Gasteiger charge is 2.21. The zero-order valence-corrected chi connectivity index (χ0v) is 15.9. The number of hydrogen-bond acceptors (Lipinski definition) is 3. The van der Waals surface area contributed by atoms with Gasteiger partial charge in [0.1, 0.15) is 5.69 Å². The molecule has 28 heavy (non-hydrogen) atoms. The summed E-state index contributed by atoms with van der Waals surface area (Å²) in [5, 5.41) is 22.4. The van der Waals surface area contributed by atoms with E-state index < -0.39 is 17.8 Å². The van der Waals surface area contributed by atoms with Gasteiger partial charge in [-0.3, -0.25) is 4.79 Å². The van der Waals surface area contributed by atoms with Crippen molar-refractivity contribution < 1.29 is 24.6 Å². The summed E-state index contributed by atoms with van der Waals surface area (Å²) in [7, 11) is 0. The van der Waals surface area contributed by atoms with Gasteiger partial charge in [0.2, 0.25) is 0 Å². The molecule has 0 aliphatic heterocycles. The summed E-state index contributed by atoms with van der Waals surface area (Å²) >= 11 is 6.08. The smallest absolute Gasteiger partial charge is 0.335 e. The first-order valence-corrected chi connectivity index (χ1v) is 8.82. The third kappa shape index (κ3) is 3.44. The third-order valence-electron chi connectivity index (χ3n) is 4.49. The largest absolute Gasteiger partial charge is 0.478 e. The van der Waals surface area contributed by atoms with Gasteiger partial charge in [-0.1, -0.05) is 11.6 Å². The number of halogens is 1. The van der Waals surface area contributed by atoms with E-state index in [0.29, 0.717) is 17.3 Å². The van der Waals surface area contributed by atoms with Crippen molar-refractivity contribution in [2.24, 2.45) is 0 Å². The van der Waals surface area contributed by atoms with Crippen molar-refractivity contribution in [2.45, 2.75) is 20.4 Å². The summed E-state index contributed by atoms with van der Waals surface area (Å²) in [5.74, 6) is -3.04. The molecule has 0 aliphatic rings. The number of amides is 1. The second-order valence-corrected chi connectivity index (χ2v) is 6.68. The molecule has 144 valence electrons. The Kier molecular flexibility index (Phi) is 5.11. The Labute approximate surface area is 165 Å². The summed E-state index contributed by atoms with van der Waals surface area (Å²) in [6.45, 7) is 4.23. The quantitative estimate of drug-likeness (QED) is 0.592. The lowest BCUT2D eigenvalue weighted by Gasteiger charge is -2.11. The van der Waals surface area contributed by atoms with Crippen molar-refractivity contribution in [2.75, 3.05) is 5.32 Å². The van der Waals surface area contributed by atoms with Gasteiger partial charge >= 0.3 is 11.9 Å². The molecule has 0 aliphatic carbocycles. The minimum Gasteiger partial charge on any atom is -0.478 e. The summed E-state index contributed by atoms with van der Waals surface area (Å²) in [5.41, 5.74) is 1.61. The van der Waals surface area contributed by atoms with Crippen LogP contribution in [0, 0.1) is 6.92 Å². The number of aromatic carboxylic acids is 2. The number of aromatic nitrogens is 1. The highest BCUT2D eigenvalue weighted by Crippen LogP contribution is 2.29. The molecule has 0 spiro atoms. The monoisotopic (exact) mass is 400 g/mol. The van der Waals surface area contributed by atoms with Crippen molar-refractivity contribution in [3.8, 4) is 0 Å². The van der Waals surface area contributed by atoms with E-state index in [1.165, 1.54) is 12.1 Å². The Bertz CT molecular complexity index is 1100. The molecule has 0 atom stereocenters. The number of anilines is 1. The van der Waals surface area contributed by atoms with Crippen LogP contribution < -0.4 is 5.32 Å². The molecule has 0 fully saturated rings. The molecule has 0 bridgehead atoms. The van der Waals surface area contributed by atoms with Crippen molar-refractivity contribution in [3.05, 3.63) is 63.8 Å². The van der Waals surface area contributed by atoms with E-state index in [9.17, 15) is 24.6 Å². The van der Waals surface area contributed by atoms with Gasteiger partial charge in [0.15, 0.2) is 0 Å². The van der Waals surface area contributed by atoms with Crippen LogP contribution >= 0.6 is 11.6 Å². The normalized spacial score (nSPS) is 10.8. The van der Waals surface area contributed by atoms with Gasteiger partial charge in [0.05, 0.1) is 11.1 Å². The number of hydrogen-bond donors (Lipinski definition) is 3. The SMILES string of the molecule is CCn1c(C(=O)Nc2cc(C(=O)O)cc(C(=O)O)c2)c(C)c2cc(Cl)ccc21. The van der Waals surface area contributed by atoms with Gasteiger partial charge in [0.25, 0.3) is 5.91 Å². The number of nitrogens with one attached hydrogen (secondary N) is 1. The van der Waals surface area contributed by atoms with Crippen LogP contribution in [0.1, 0.15) is 43.7 Å². The van der Waals surface area contributed by atoms with E-state index in [4.69, 9.17) is 11.6 Å². The Balaban J connectivity index is 2.08. The fourth-order valence-corrected chi connectivity index (χ4v) is 3.42. The molecule has 0 unspecified atom stereocenters. The molecule has 3 aromatic rings. The number of carboxylic acid groups (broad SMARTS) is 2. The molecule has 3 N–H and O–H groups in total. The number of carbonyl (C=O) groups excluding carboxylic acids is 1. The number of aryl methyl sites for hydroxylation is 2. The average molecular weight is 401 g/mol. The van der Waals surface area contributed by atoms with Crippen LogP contribution in [0.2, 0.25) is 5.02 Å². The van der Waals surface area contributed by atoms with Crippen LogP contribution in [0.5, 0.6) is 0 Å². The molecular weight excluding hydrogens is 384 g/mol. The number of fused-ring (bicyclic) bond motifs is 1. The lowest BCUT2D eigenvalue weighted by Crippen LogP contribution is -2.18. The van der Waals surface area contributed by atoms with Gasteiger partial charge in [-0.05, 0) is 55.8 Å². The molecule has 2 aromatic carbocycles. The Morgan fingerprint density at radius 3 is 2.18 bits per heavy atom. The highest BCUT2D eigenvalue weighted by atomic mass is 35.5. The predicted molar refractivity (Wildman–Crippen MR) is 106 cm³/mol. The number of carbonyl (C=O) groups is 3. The zero-order valence-electron chi connectivity index (χ0n) is 15.1. The lowest BCUT2D eigenvalue weighted by atomic mass is 10.1. The second kappa shape index (κ2) is 7.36. The van der Waals surface area contributed by atoms with Crippen LogP contribution in [0.25, 0.3) is 10.9 Å². The first-order valence-electron chi connectivity index (χ1n) is 8.44. The van der Waals surface area contributed by atoms with Gasteiger partial charge in [0, 0.05) is 28.2 Å². The minimum absolute atomic E-state index is 0.0904. The summed E-state index contributed by atoms with van der Waals surface area (Å²) < 4.78 is 1.83. The lowest BCUT2D eigenvalue weighted by molar-refractivity contribution is 0.0696. The molecule has 8 heteroatoms. The molecular formula is C20H17ClN2O5. The van der Waals surface area contributed by atoms with Gasteiger partial charge in [-0.15, -0.1) is 0 Å². The molecule has 1 aromatic heterocycles. The van der Waals surface area contributed by atoms with Crippen LogP contribution in [-0.2, 0) is 6.54 Å². The van der Waals surface area contributed by atoms with E-state index in [0.717, 1.165) is 22.5 Å². The maximum Gasteiger partial charge on any atom is 0.335 e. The van der Waals surface area contributed by atoms with Crippen LogP contribution in [-0.4, -0.2) is 32.6 Å². The standard InChI is InChI=1S/C20H17ClN2O5/c1-3-23-16-5-4-13(21)9-15(16)10(2)17(23)18(24)22-14-7-11(19(25)26)6-12(8-14)20(27)28/h4-9H,3H2,1-2H3,(H,22,24)(H,25,26)(H,27,28). The number of benzene rings is 2. The van der Waals surface area contributed by atoms with Gasteiger partial charge in [-0.2, -0.15) is 0 Å². The maximum atomic E-state index is 13.0. The first kappa shape index (κ1) is 19.4. The molecule has 3 rings (SSSR count). The Morgan fingerprint density at radius 2 is 1.64 bits per heavy atom. The van der Waals surface area contributed by atoms with Crippen LogP contribution in [0.3, 0.4) is 0 Å². The topological polar surface area (TPSA) is 109 Å². The maximum absolute atomic E-state index is 13.0. The van der Waals surface area contributed by atoms with E-state index in [1.807, 2.05) is 17.6 Å². The molecule has 1 heterocycles. The summed E-state index contributed by atoms with van der Waals surface area (Å²) in [4.78, 5) is 35.5. The molecule has 1 amide bonds. The van der Waals surface area contributed by atoms with Gasteiger partial charge < -0.3 is 20.1 Å². The van der Waals surface area contributed by atoms with E-state index in [-0.39, 0.29) is 16.8 Å². The van der Waals surface area contributed by atoms with E-state index in [1.54, 1.807) is 19.1 Å². The summed E-state index contributed by atoms with van der Waals surface area (Å²) in [6.07, 6.45) is 0. The van der Waals surface area contributed by atoms with Crippen LogP contribution in [0.4, 0.5) is 5.69 Å².